The molecular weight excluding hydrogens is 492 g/mol. The lowest BCUT2D eigenvalue weighted by Crippen LogP contribution is -2.30. The van der Waals surface area contributed by atoms with Crippen LogP contribution in [0.1, 0.15) is 65.0 Å². The molecule has 9 heteroatoms. The highest BCUT2D eigenvalue weighted by atomic mass is 79.9. The van der Waals surface area contributed by atoms with Gasteiger partial charge in [-0.2, -0.15) is 4.98 Å². The van der Waals surface area contributed by atoms with E-state index in [9.17, 15) is 4.79 Å². The van der Waals surface area contributed by atoms with Gasteiger partial charge in [0.1, 0.15) is 11.8 Å². The number of hydrogen-bond acceptors (Lipinski definition) is 7. The highest BCUT2D eigenvalue weighted by Crippen LogP contribution is 2.41. The number of allylic oxidation sites excluding steroid dienone is 1. The van der Waals surface area contributed by atoms with Crippen molar-refractivity contribution >= 4 is 39.6 Å². The number of carbonyl (C=O) groups excluding carboxylic acids is 1. The first kappa shape index (κ1) is 24.6. The van der Waals surface area contributed by atoms with Crippen LogP contribution in [0.4, 0.5) is 5.95 Å². The molecule has 2 aromatic rings. The predicted octanol–water partition coefficient (Wildman–Crippen LogP) is 5.96. The van der Waals surface area contributed by atoms with Crippen LogP contribution in [-0.2, 0) is 9.53 Å². The second kappa shape index (κ2) is 11.7. The summed E-state index contributed by atoms with van der Waals surface area (Å²) in [5.41, 5.74) is 2.07. The SMILES string of the molecule is CCCCOc1ccc(Br)cc1C1C(C(=O)OCCC)=C(C)Nc2nc(SCCC)nn21. The fourth-order valence-electron chi connectivity index (χ4n) is 3.40. The zero-order valence-electron chi connectivity index (χ0n) is 19.1. The first-order chi connectivity index (χ1) is 15.5. The lowest BCUT2D eigenvalue weighted by Gasteiger charge is -2.29. The van der Waals surface area contributed by atoms with E-state index in [0.29, 0.717) is 35.6 Å². The van der Waals surface area contributed by atoms with E-state index in [1.54, 1.807) is 16.4 Å². The van der Waals surface area contributed by atoms with Gasteiger partial charge in [-0.1, -0.05) is 54.9 Å². The number of benzene rings is 1. The highest BCUT2D eigenvalue weighted by Gasteiger charge is 2.37. The normalized spacial score (nSPS) is 15.3. The number of aromatic nitrogens is 3. The van der Waals surface area contributed by atoms with Crippen LogP contribution in [0.2, 0.25) is 0 Å². The number of nitrogens with zero attached hydrogens (tertiary/aromatic N) is 3. The number of anilines is 1. The van der Waals surface area contributed by atoms with Gasteiger partial charge < -0.3 is 14.8 Å². The second-order valence-corrected chi connectivity index (χ2v) is 9.58. The molecule has 1 aromatic carbocycles. The van der Waals surface area contributed by atoms with Gasteiger partial charge in [0.05, 0.1) is 18.8 Å². The van der Waals surface area contributed by atoms with Crippen molar-refractivity contribution in [1.82, 2.24) is 14.8 Å². The van der Waals surface area contributed by atoms with Crippen molar-refractivity contribution < 1.29 is 14.3 Å². The Bertz CT molecular complexity index is 976. The van der Waals surface area contributed by atoms with Gasteiger partial charge in [0.15, 0.2) is 0 Å². The van der Waals surface area contributed by atoms with E-state index in [1.165, 1.54) is 0 Å². The van der Waals surface area contributed by atoms with Crippen LogP contribution in [0.3, 0.4) is 0 Å². The van der Waals surface area contributed by atoms with E-state index >= 15 is 0 Å². The monoisotopic (exact) mass is 522 g/mol. The van der Waals surface area contributed by atoms with Crippen LogP contribution in [0, 0.1) is 0 Å². The number of rotatable bonds is 11. The Labute approximate surface area is 202 Å². The Balaban J connectivity index is 2.11. The molecule has 1 aliphatic heterocycles. The van der Waals surface area contributed by atoms with E-state index in [2.05, 4.69) is 40.1 Å². The third-order valence-electron chi connectivity index (χ3n) is 4.95. The molecule has 1 aromatic heterocycles. The number of esters is 1. The van der Waals surface area contributed by atoms with Crippen molar-refractivity contribution in [2.45, 2.75) is 64.6 Å². The number of ether oxygens (including phenoxy) is 2. The van der Waals surface area contributed by atoms with Gasteiger partial charge in [0, 0.05) is 21.5 Å². The first-order valence-electron chi connectivity index (χ1n) is 11.2. The summed E-state index contributed by atoms with van der Waals surface area (Å²) in [7, 11) is 0. The summed E-state index contributed by atoms with van der Waals surface area (Å²) >= 11 is 5.19. The standard InChI is InChI=1S/C23H31BrN4O3S/c1-5-8-12-30-18-10-9-16(24)14-17(18)20-19(21(29)31-11-6-2)15(4)25-22-26-23(27-28(20)22)32-13-7-3/h9-10,14,20H,5-8,11-13H2,1-4H3,(H,25,26,27). The van der Waals surface area contributed by atoms with Crippen LogP contribution < -0.4 is 10.1 Å². The lowest BCUT2D eigenvalue weighted by molar-refractivity contribution is -0.139. The van der Waals surface area contributed by atoms with E-state index in [4.69, 9.17) is 14.6 Å². The number of thioether (sulfide) groups is 1. The molecule has 2 heterocycles. The lowest BCUT2D eigenvalue weighted by atomic mass is 9.95. The molecular formula is C23H31BrN4O3S. The maximum Gasteiger partial charge on any atom is 0.338 e. The number of unbranched alkanes of at least 4 members (excludes halogenated alkanes) is 1. The van der Waals surface area contributed by atoms with Crippen molar-refractivity contribution in [3.8, 4) is 5.75 Å². The summed E-state index contributed by atoms with van der Waals surface area (Å²) in [6.07, 6.45) is 3.77. The molecule has 1 aliphatic rings. The summed E-state index contributed by atoms with van der Waals surface area (Å²) < 4.78 is 14.4. The van der Waals surface area contributed by atoms with Crippen molar-refractivity contribution in [2.75, 3.05) is 24.3 Å². The third kappa shape index (κ3) is 5.67. The topological polar surface area (TPSA) is 78.3 Å². The van der Waals surface area contributed by atoms with Crippen LogP contribution in [0.25, 0.3) is 0 Å². The predicted molar refractivity (Wildman–Crippen MR) is 131 cm³/mol. The molecule has 32 heavy (non-hydrogen) atoms. The maximum atomic E-state index is 13.2. The maximum absolute atomic E-state index is 13.2. The van der Waals surface area contributed by atoms with Gasteiger partial charge in [-0.3, -0.25) is 0 Å². The molecule has 0 saturated heterocycles. The molecule has 0 saturated carbocycles. The molecule has 1 atom stereocenters. The fraction of sp³-hybridized carbons (Fsp3) is 0.522. The summed E-state index contributed by atoms with van der Waals surface area (Å²) in [5, 5.41) is 8.69. The second-order valence-electron chi connectivity index (χ2n) is 7.60. The summed E-state index contributed by atoms with van der Waals surface area (Å²) in [6, 6.07) is 5.36. The Hall–Kier alpha value is -2.00. The molecule has 0 bridgehead atoms. The molecule has 174 valence electrons. The molecule has 7 nitrogen and oxygen atoms in total. The smallest absolute Gasteiger partial charge is 0.338 e. The van der Waals surface area contributed by atoms with Crippen LogP contribution in [0.5, 0.6) is 5.75 Å². The number of hydrogen-bond donors (Lipinski definition) is 1. The molecule has 1 unspecified atom stereocenters. The molecule has 0 aliphatic carbocycles. The highest BCUT2D eigenvalue weighted by molar-refractivity contribution is 9.10. The zero-order chi connectivity index (χ0) is 23.1. The van der Waals surface area contributed by atoms with E-state index < -0.39 is 6.04 Å². The largest absolute Gasteiger partial charge is 0.493 e. The van der Waals surface area contributed by atoms with Crippen LogP contribution >= 0.6 is 27.7 Å². The summed E-state index contributed by atoms with van der Waals surface area (Å²) in [5.74, 6) is 1.91. The quantitative estimate of drug-likeness (QED) is 0.221. The van der Waals surface area contributed by atoms with Gasteiger partial charge in [-0.15, -0.1) is 5.10 Å². The third-order valence-corrected chi connectivity index (χ3v) is 6.48. The molecule has 1 N–H and O–H groups in total. The van der Waals surface area contributed by atoms with Crippen molar-refractivity contribution in [2.24, 2.45) is 0 Å². The molecule has 0 fully saturated rings. The summed E-state index contributed by atoms with van der Waals surface area (Å²) in [6.45, 7) is 9.08. The van der Waals surface area contributed by atoms with Gasteiger partial charge >= 0.3 is 5.97 Å². The van der Waals surface area contributed by atoms with E-state index in [-0.39, 0.29) is 5.97 Å². The summed E-state index contributed by atoms with van der Waals surface area (Å²) in [4.78, 5) is 17.8. The van der Waals surface area contributed by atoms with Crippen molar-refractivity contribution in [1.29, 1.82) is 0 Å². The number of fused-ring (bicyclic) bond motifs is 1. The Morgan fingerprint density at radius 1 is 1.22 bits per heavy atom. The van der Waals surface area contributed by atoms with Gasteiger partial charge in [0.25, 0.3) is 0 Å². The number of halogens is 1. The minimum Gasteiger partial charge on any atom is -0.493 e. The average molecular weight is 523 g/mol. The number of nitrogens with one attached hydrogen (secondary N) is 1. The molecule has 0 amide bonds. The number of carbonyl (C=O) groups is 1. The van der Waals surface area contributed by atoms with Gasteiger partial charge in [-0.05, 0) is 44.4 Å². The van der Waals surface area contributed by atoms with E-state index in [0.717, 1.165) is 47.2 Å². The van der Waals surface area contributed by atoms with Crippen molar-refractivity contribution in [3.63, 3.8) is 0 Å². The first-order valence-corrected chi connectivity index (χ1v) is 12.9. The zero-order valence-corrected chi connectivity index (χ0v) is 21.5. The van der Waals surface area contributed by atoms with Gasteiger partial charge in [0.2, 0.25) is 11.1 Å². The Kier molecular flexibility index (Phi) is 9.04. The van der Waals surface area contributed by atoms with Gasteiger partial charge in [-0.25, -0.2) is 9.48 Å². The minimum absolute atomic E-state index is 0.356. The molecule has 0 radical (unpaired) electrons. The fourth-order valence-corrected chi connectivity index (χ4v) is 4.46. The van der Waals surface area contributed by atoms with E-state index in [1.807, 2.05) is 32.0 Å². The minimum atomic E-state index is -0.506. The molecule has 0 spiro atoms. The Morgan fingerprint density at radius 2 is 2.03 bits per heavy atom. The molecule has 3 rings (SSSR count). The van der Waals surface area contributed by atoms with Crippen LogP contribution in [-0.4, -0.2) is 39.7 Å². The average Bonchev–Trinajstić information content (AvgIpc) is 3.18. The van der Waals surface area contributed by atoms with Crippen LogP contribution in [0.15, 0.2) is 39.1 Å². The van der Waals surface area contributed by atoms with Crippen molar-refractivity contribution in [3.05, 3.63) is 39.5 Å². The Morgan fingerprint density at radius 3 is 2.75 bits per heavy atom.